The van der Waals surface area contributed by atoms with Crippen LogP contribution in [0.5, 0.6) is 5.75 Å². The van der Waals surface area contributed by atoms with Crippen LogP contribution in [0.15, 0.2) is 22.8 Å². The van der Waals surface area contributed by atoms with Gasteiger partial charge < -0.3 is 15.7 Å². The van der Waals surface area contributed by atoms with E-state index in [4.69, 9.17) is 0 Å². The van der Waals surface area contributed by atoms with Crippen molar-refractivity contribution in [3.63, 3.8) is 0 Å². The van der Waals surface area contributed by atoms with Crippen molar-refractivity contribution in [2.75, 3.05) is 10.6 Å². The Hall–Kier alpha value is -2.52. The normalized spacial score (nSPS) is 10.7. The van der Waals surface area contributed by atoms with E-state index in [1.807, 2.05) is 20.8 Å². The van der Waals surface area contributed by atoms with Crippen LogP contribution in [0.2, 0.25) is 0 Å². The third kappa shape index (κ3) is 4.09. The van der Waals surface area contributed by atoms with E-state index >= 15 is 0 Å². The summed E-state index contributed by atoms with van der Waals surface area (Å²) in [7, 11) is 0. The van der Waals surface area contributed by atoms with Gasteiger partial charge in [-0.25, -0.2) is 15.0 Å². The Morgan fingerprint density at radius 1 is 1.15 bits per heavy atom. The molecular weight excluding hydrogens is 430 g/mol. The zero-order valence-electron chi connectivity index (χ0n) is 15.2. The lowest BCUT2D eigenvalue weighted by molar-refractivity contribution is 0.103. The molecule has 3 aromatic rings. The summed E-state index contributed by atoms with van der Waals surface area (Å²) in [6.07, 6.45) is 1.49. The summed E-state index contributed by atoms with van der Waals surface area (Å²) < 4.78 is 0.865. The molecule has 3 rings (SSSR count). The molecule has 27 heavy (non-hydrogen) atoms. The number of nitrogens with one attached hydrogen (secondary N) is 2. The first kappa shape index (κ1) is 19.2. The molecule has 1 aromatic carbocycles. The number of rotatable bonds is 4. The third-order valence-electron chi connectivity index (χ3n) is 4.01. The maximum atomic E-state index is 12.6. The van der Waals surface area contributed by atoms with Crippen LogP contribution in [0.1, 0.15) is 32.2 Å². The summed E-state index contributed by atoms with van der Waals surface area (Å²) in [5.41, 5.74) is 3.73. The predicted octanol–water partition coefficient (Wildman–Crippen LogP) is 4.63. The first-order chi connectivity index (χ1) is 12.8. The standard InChI is InChI=1S/C18H18BrN5O2S/c1-8-5-6-12(25)9(2)15(8)23-16(26)13-7-20-18(27-13)24-17-21-10(3)14(19)11(4)22-17/h5-7,25H,1-4H3,(H,23,26)(H,20,21,22,24). The van der Waals surface area contributed by atoms with Gasteiger partial charge in [-0.05, 0) is 55.3 Å². The summed E-state index contributed by atoms with van der Waals surface area (Å²) in [6, 6.07) is 3.37. The molecule has 0 saturated heterocycles. The molecule has 0 atom stereocenters. The Kier molecular flexibility index (Phi) is 5.43. The number of aromatic nitrogens is 3. The molecule has 0 radical (unpaired) electrons. The summed E-state index contributed by atoms with van der Waals surface area (Å²) in [5.74, 6) is 0.274. The van der Waals surface area contributed by atoms with Gasteiger partial charge in [0.15, 0.2) is 5.13 Å². The zero-order valence-corrected chi connectivity index (χ0v) is 17.6. The van der Waals surface area contributed by atoms with Gasteiger partial charge >= 0.3 is 0 Å². The van der Waals surface area contributed by atoms with Crippen molar-refractivity contribution in [3.05, 3.63) is 50.2 Å². The Bertz CT molecular complexity index is 1010. The monoisotopic (exact) mass is 447 g/mol. The Balaban J connectivity index is 1.78. The van der Waals surface area contributed by atoms with Crippen molar-refractivity contribution in [3.8, 4) is 5.75 Å². The molecular formula is C18H18BrN5O2S. The highest BCUT2D eigenvalue weighted by atomic mass is 79.9. The number of halogens is 1. The van der Waals surface area contributed by atoms with Crippen molar-refractivity contribution in [1.82, 2.24) is 15.0 Å². The minimum atomic E-state index is -0.290. The van der Waals surface area contributed by atoms with Crippen LogP contribution in [-0.2, 0) is 0 Å². The highest BCUT2D eigenvalue weighted by molar-refractivity contribution is 9.10. The van der Waals surface area contributed by atoms with Gasteiger partial charge in [0.1, 0.15) is 10.6 Å². The molecule has 0 bridgehead atoms. The number of aromatic hydroxyl groups is 1. The molecule has 0 aliphatic carbocycles. The van der Waals surface area contributed by atoms with E-state index in [1.165, 1.54) is 17.5 Å². The summed E-state index contributed by atoms with van der Waals surface area (Å²) in [6.45, 7) is 7.39. The summed E-state index contributed by atoms with van der Waals surface area (Å²) >= 11 is 4.63. The van der Waals surface area contributed by atoms with E-state index in [9.17, 15) is 9.90 Å². The lowest BCUT2D eigenvalue weighted by Crippen LogP contribution is -2.12. The fraction of sp³-hybridized carbons (Fsp3) is 0.222. The van der Waals surface area contributed by atoms with E-state index in [0.29, 0.717) is 27.2 Å². The highest BCUT2D eigenvalue weighted by Gasteiger charge is 2.15. The first-order valence-corrected chi connectivity index (χ1v) is 9.71. The third-order valence-corrected chi connectivity index (χ3v) is 6.07. The van der Waals surface area contributed by atoms with Gasteiger partial charge in [0, 0.05) is 5.56 Å². The molecule has 0 aliphatic rings. The van der Waals surface area contributed by atoms with Crippen LogP contribution >= 0.6 is 27.3 Å². The molecule has 3 N–H and O–H groups in total. The fourth-order valence-electron chi connectivity index (χ4n) is 2.49. The molecule has 1 amide bonds. The second-order valence-electron chi connectivity index (χ2n) is 6.04. The second kappa shape index (κ2) is 7.61. The molecule has 0 aliphatic heterocycles. The van der Waals surface area contributed by atoms with E-state index < -0.39 is 0 Å². The Morgan fingerprint density at radius 3 is 2.48 bits per heavy atom. The van der Waals surface area contributed by atoms with Crippen LogP contribution in [-0.4, -0.2) is 26.0 Å². The number of anilines is 3. The molecule has 0 saturated carbocycles. The predicted molar refractivity (Wildman–Crippen MR) is 110 cm³/mol. The SMILES string of the molecule is Cc1ccc(O)c(C)c1NC(=O)c1cnc(Nc2nc(C)c(Br)c(C)n2)s1. The molecule has 140 valence electrons. The number of phenols is 1. The maximum Gasteiger partial charge on any atom is 0.267 e. The van der Waals surface area contributed by atoms with Crippen molar-refractivity contribution in [2.45, 2.75) is 27.7 Å². The summed E-state index contributed by atoms with van der Waals surface area (Å²) in [4.78, 5) is 25.9. The number of hydrogen-bond donors (Lipinski definition) is 3. The molecule has 7 nitrogen and oxygen atoms in total. The van der Waals surface area contributed by atoms with Gasteiger partial charge in [-0.15, -0.1) is 0 Å². The van der Waals surface area contributed by atoms with E-state index in [1.54, 1.807) is 19.1 Å². The minimum absolute atomic E-state index is 0.140. The second-order valence-corrected chi connectivity index (χ2v) is 7.87. The number of benzene rings is 1. The van der Waals surface area contributed by atoms with Gasteiger partial charge in [-0.1, -0.05) is 17.4 Å². The number of carbonyl (C=O) groups excluding carboxylic acids is 1. The number of aryl methyl sites for hydroxylation is 3. The molecule has 0 unspecified atom stereocenters. The van der Waals surface area contributed by atoms with E-state index in [2.05, 4.69) is 41.5 Å². The van der Waals surface area contributed by atoms with Crippen LogP contribution in [0.4, 0.5) is 16.8 Å². The Labute approximate surface area is 169 Å². The highest BCUT2D eigenvalue weighted by Crippen LogP contribution is 2.29. The largest absolute Gasteiger partial charge is 0.508 e. The van der Waals surface area contributed by atoms with E-state index in [0.717, 1.165) is 21.4 Å². The maximum absolute atomic E-state index is 12.6. The van der Waals surface area contributed by atoms with Crippen molar-refractivity contribution < 1.29 is 9.90 Å². The average molecular weight is 448 g/mol. The van der Waals surface area contributed by atoms with Crippen molar-refractivity contribution in [1.29, 1.82) is 0 Å². The topological polar surface area (TPSA) is 100 Å². The Morgan fingerprint density at radius 2 is 1.81 bits per heavy atom. The fourth-order valence-corrected chi connectivity index (χ4v) is 3.38. The number of thiazole rings is 1. The van der Waals surface area contributed by atoms with Gasteiger partial charge in [0.05, 0.1) is 27.7 Å². The molecule has 2 heterocycles. The summed E-state index contributed by atoms with van der Waals surface area (Å²) in [5, 5.41) is 16.2. The van der Waals surface area contributed by atoms with Crippen LogP contribution in [0.25, 0.3) is 0 Å². The van der Waals surface area contributed by atoms with Gasteiger partial charge in [-0.2, -0.15) is 0 Å². The molecule has 0 fully saturated rings. The van der Waals surface area contributed by atoms with Crippen LogP contribution in [0, 0.1) is 27.7 Å². The van der Waals surface area contributed by atoms with Gasteiger partial charge in [0.2, 0.25) is 5.95 Å². The van der Waals surface area contributed by atoms with Crippen molar-refractivity contribution >= 4 is 49.9 Å². The number of amides is 1. The number of hydrogen-bond acceptors (Lipinski definition) is 7. The van der Waals surface area contributed by atoms with Gasteiger partial charge in [0.25, 0.3) is 5.91 Å². The average Bonchev–Trinajstić information content (AvgIpc) is 3.08. The molecule has 9 heteroatoms. The quantitative estimate of drug-likeness (QED) is 0.538. The van der Waals surface area contributed by atoms with Crippen LogP contribution in [0.3, 0.4) is 0 Å². The number of nitrogens with zero attached hydrogens (tertiary/aromatic N) is 3. The zero-order chi connectivity index (χ0) is 19.7. The number of phenolic OH excluding ortho intramolecular Hbond substituents is 1. The lowest BCUT2D eigenvalue weighted by Gasteiger charge is -2.11. The van der Waals surface area contributed by atoms with Gasteiger partial charge in [-0.3, -0.25) is 4.79 Å². The van der Waals surface area contributed by atoms with Crippen molar-refractivity contribution in [2.24, 2.45) is 0 Å². The lowest BCUT2D eigenvalue weighted by atomic mass is 10.1. The first-order valence-electron chi connectivity index (χ1n) is 8.10. The van der Waals surface area contributed by atoms with E-state index in [-0.39, 0.29) is 11.7 Å². The number of carbonyl (C=O) groups is 1. The van der Waals surface area contributed by atoms with Crippen LogP contribution < -0.4 is 10.6 Å². The smallest absolute Gasteiger partial charge is 0.267 e. The minimum Gasteiger partial charge on any atom is -0.508 e. The molecule has 0 spiro atoms. The molecule has 2 aromatic heterocycles.